The molecule has 1 atom stereocenters. The minimum atomic E-state index is -0.617. The number of likely N-dealkylation sites (N-methyl/N-ethyl adjacent to an activating group) is 1. The molecule has 1 aromatic heterocycles. The topological polar surface area (TPSA) is 36.4 Å². The predicted octanol–water partition coefficient (Wildman–Crippen LogP) is 3.01. The summed E-state index contributed by atoms with van der Waals surface area (Å²) in [6, 6.07) is 9.97. The minimum absolute atomic E-state index is 0.0515. The molecular formula is C19H22FN3O. The molecule has 1 fully saturated rings. The zero-order valence-corrected chi connectivity index (χ0v) is 14.0. The first kappa shape index (κ1) is 16.6. The molecule has 0 aliphatic heterocycles. The van der Waals surface area contributed by atoms with Crippen LogP contribution in [0.1, 0.15) is 30.0 Å². The van der Waals surface area contributed by atoms with Gasteiger partial charge in [0.05, 0.1) is 0 Å². The van der Waals surface area contributed by atoms with E-state index in [-0.39, 0.29) is 17.8 Å². The van der Waals surface area contributed by atoms with Crippen molar-refractivity contribution >= 4 is 5.91 Å². The molecule has 1 aromatic carbocycles. The number of aromatic nitrogens is 1. The number of carbonyl (C=O) groups excluding carboxylic acids is 1. The Morgan fingerprint density at radius 2 is 1.88 bits per heavy atom. The van der Waals surface area contributed by atoms with Crippen LogP contribution in [0.3, 0.4) is 0 Å². The second-order valence-corrected chi connectivity index (χ2v) is 6.44. The van der Waals surface area contributed by atoms with E-state index in [2.05, 4.69) is 4.98 Å². The van der Waals surface area contributed by atoms with Crippen LogP contribution in [0, 0.1) is 5.82 Å². The normalized spacial score (nSPS) is 15.3. The lowest BCUT2D eigenvalue weighted by Crippen LogP contribution is -2.41. The van der Waals surface area contributed by atoms with Gasteiger partial charge in [0.1, 0.15) is 11.9 Å². The summed E-state index contributed by atoms with van der Waals surface area (Å²) >= 11 is 0. The monoisotopic (exact) mass is 327 g/mol. The Morgan fingerprint density at radius 3 is 2.46 bits per heavy atom. The quantitative estimate of drug-likeness (QED) is 0.818. The molecule has 2 aromatic rings. The SMILES string of the molecule is CN(C)C(C(=O)N(Cc1ccncc1)C1CC1)c1ccccc1F. The van der Waals surface area contributed by atoms with Crippen LogP contribution >= 0.6 is 0 Å². The predicted molar refractivity (Wildman–Crippen MR) is 90.6 cm³/mol. The second kappa shape index (κ2) is 7.09. The van der Waals surface area contributed by atoms with Gasteiger partial charge in [-0.2, -0.15) is 0 Å². The van der Waals surface area contributed by atoms with Crippen LogP contribution in [-0.4, -0.2) is 40.8 Å². The van der Waals surface area contributed by atoms with Gasteiger partial charge in [-0.3, -0.25) is 14.7 Å². The van der Waals surface area contributed by atoms with Crippen molar-refractivity contribution in [1.29, 1.82) is 0 Å². The van der Waals surface area contributed by atoms with Crippen LogP contribution in [0.15, 0.2) is 48.8 Å². The van der Waals surface area contributed by atoms with E-state index in [4.69, 9.17) is 0 Å². The van der Waals surface area contributed by atoms with E-state index in [1.807, 2.05) is 31.1 Å². The van der Waals surface area contributed by atoms with Crippen molar-refractivity contribution in [2.45, 2.75) is 31.5 Å². The van der Waals surface area contributed by atoms with Gasteiger partial charge in [-0.05, 0) is 50.7 Å². The Kier molecular flexibility index (Phi) is 4.90. The molecule has 0 spiro atoms. The maximum absolute atomic E-state index is 14.3. The maximum atomic E-state index is 14.3. The average Bonchev–Trinajstić information content (AvgIpc) is 3.40. The number of halogens is 1. The van der Waals surface area contributed by atoms with Gasteiger partial charge in [-0.25, -0.2) is 4.39 Å². The van der Waals surface area contributed by atoms with Crippen LogP contribution in [0.4, 0.5) is 4.39 Å². The van der Waals surface area contributed by atoms with Crippen molar-refractivity contribution < 1.29 is 9.18 Å². The van der Waals surface area contributed by atoms with E-state index in [1.165, 1.54) is 6.07 Å². The lowest BCUT2D eigenvalue weighted by atomic mass is 10.0. The van der Waals surface area contributed by atoms with Gasteiger partial charge in [0.15, 0.2) is 0 Å². The Balaban J connectivity index is 1.88. The standard InChI is InChI=1S/C19H22FN3O/c1-22(2)18(16-5-3-4-6-17(16)20)19(24)23(15-7-8-15)13-14-9-11-21-12-10-14/h3-6,9-12,15,18H,7-8,13H2,1-2H3. The summed E-state index contributed by atoms with van der Waals surface area (Å²) in [5.74, 6) is -0.395. The molecule has 126 valence electrons. The van der Waals surface area contributed by atoms with Gasteiger partial charge < -0.3 is 4.90 Å². The fraction of sp³-hybridized carbons (Fsp3) is 0.368. The number of hydrogen-bond donors (Lipinski definition) is 0. The molecule has 1 amide bonds. The van der Waals surface area contributed by atoms with E-state index in [1.54, 1.807) is 35.5 Å². The summed E-state index contributed by atoms with van der Waals surface area (Å²) in [4.78, 5) is 20.9. The average molecular weight is 327 g/mol. The zero-order valence-electron chi connectivity index (χ0n) is 14.0. The highest BCUT2D eigenvalue weighted by molar-refractivity contribution is 5.84. The smallest absolute Gasteiger partial charge is 0.245 e. The van der Waals surface area contributed by atoms with Crippen molar-refractivity contribution in [3.05, 3.63) is 65.7 Å². The first-order chi connectivity index (χ1) is 11.6. The minimum Gasteiger partial charge on any atom is -0.334 e. The number of pyridine rings is 1. The van der Waals surface area contributed by atoms with E-state index in [9.17, 15) is 9.18 Å². The van der Waals surface area contributed by atoms with Crippen LogP contribution in [-0.2, 0) is 11.3 Å². The van der Waals surface area contributed by atoms with Gasteiger partial charge >= 0.3 is 0 Å². The summed E-state index contributed by atoms with van der Waals surface area (Å²) < 4.78 is 14.3. The Morgan fingerprint density at radius 1 is 1.21 bits per heavy atom. The first-order valence-electron chi connectivity index (χ1n) is 8.18. The molecule has 1 aliphatic rings. The van der Waals surface area contributed by atoms with Gasteiger partial charge in [0, 0.05) is 30.5 Å². The summed E-state index contributed by atoms with van der Waals surface area (Å²) in [6.07, 6.45) is 5.47. The van der Waals surface area contributed by atoms with E-state index >= 15 is 0 Å². The Labute approximate surface area is 141 Å². The third-order valence-electron chi connectivity index (χ3n) is 4.32. The molecule has 4 nitrogen and oxygen atoms in total. The molecule has 0 saturated heterocycles. The third-order valence-corrected chi connectivity index (χ3v) is 4.32. The van der Waals surface area contributed by atoms with E-state index in [0.717, 1.165) is 18.4 Å². The summed E-state index contributed by atoms with van der Waals surface area (Å²) in [7, 11) is 3.62. The lowest BCUT2D eigenvalue weighted by molar-refractivity contribution is -0.137. The number of rotatable bonds is 6. The highest BCUT2D eigenvalue weighted by atomic mass is 19.1. The highest BCUT2D eigenvalue weighted by Crippen LogP contribution is 2.33. The van der Waals surface area contributed by atoms with Gasteiger partial charge in [-0.15, -0.1) is 0 Å². The van der Waals surface area contributed by atoms with Crippen molar-refractivity contribution in [3.63, 3.8) is 0 Å². The van der Waals surface area contributed by atoms with E-state index in [0.29, 0.717) is 12.1 Å². The third kappa shape index (κ3) is 3.62. The first-order valence-corrected chi connectivity index (χ1v) is 8.18. The van der Waals surface area contributed by atoms with Crippen LogP contribution in [0.5, 0.6) is 0 Å². The van der Waals surface area contributed by atoms with Crippen LogP contribution in [0.2, 0.25) is 0 Å². The summed E-state index contributed by atoms with van der Waals surface area (Å²) in [5, 5.41) is 0. The lowest BCUT2D eigenvalue weighted by Gasteiger charge is -2.31. The number of hydrogen-bond acceptors (Lipinski definition) is 3. The van der Waals surface area contributed by atoms with Gasteiger partial charge in [-0.1, -0.05) is 18.2 Å². The molecular weight excluding hydrogens is 305 g/mol. The number of nitrogens with zero attached hydrogens (tertiary/aromatic N) is 3. The van der Waals surface area contributed by atoms with Crippen molar-refractivity contribution in [2.75, 3.05) is 14.1 Å². The Bertz CT molecular complexity index is 701. The molecule has 0 bridgehead atoms. The Hall–Kier alpha value is -2.27. The fourth-order valence-electron chi connectivity index (χ4n) is 2.94. The van der Waals surface area contributed by atoms with Gasteiger partial charge in [0.25, 0.3) is 0 Å². The molecule has 24 heavy (non-hydrogen) atoms. The largest absolute Gasteiger partial charge is 0.334 e. The van der Waals surface area contributed by atoms with Crippen LogP contribution < -0.4 is 0 Å². The molecule has 1 aliphatic carbocycles. The molecule has 1 unspecified atom stereocenters. The van der Waals surface area contributed by atoms with Crippen molar-refractivity contribution in [1.82, 2.24) is 14.8 Å². The molecule has 5 heteroatoms. The molecule has 1 heterocycles. The van der Waals surface area contributed by atoms with Crippen LogP contribution in [0.25, 0.3) is 0 Å². The van der Waals surface area contributed by atoms with E-state index < -0.39 is 6.04 Å². The molecule has 0 N–H and O–H groups in total. The molecule has 3 rings (SSSR count). The zero-order chi connectivity index (χ0) is 17.1. The van der Waals surface area contributed by atoms with Gasteiger partial charge in [0.2, 0.25) is 5.91 Å². The maximum Gasteiger partial charge on any atom is 0.245 e. The summed E-state index contributed by atoms with van der Waals surface area (Å²) in [5.41, 5.74) is 1.46. The second-order valence-electron chi connectivity index (χ2n) is 6.44. The molecule has 1 saturated carbocycles. The highest BCUT2D eigenvalue weighted by Gasteiger charge is 2.38. The number of benzene rings is 1. The van der Waals surface area contributed by atoms with Crippen molar-refractivity contribution in [2.24, 2.45) is 0 Å². The molecule has 0 radical (unpaired) electrons. The fourth-order valence-corrected chi connectivity index (χ4v) is 2.94. The number of carbonyl (C=O) groups is 1. The number of amides is 1. The van der Waals surface area contributed by atoms with Crippen molar-refractivity contribution in [3.8, 4) is 0 Å². The summed E-state index contributed by atoms with van der Waals surface area (Å²) in [6.45, 7) is 0.533.